The van der Waals surface area contributed by atoms with Crippen molar-refractivity contribution >= 4 is 15.9 Å². The van der Waals surface area contributed by atoms with Gasteiger partial charge in [-0.2, -0.15) is 4.31 Å². The molecule has 2 saturated heterocycles. The first-order valence-corrected chi connectivity index (χ1v) is 10.9. The Labute approximate surface area is 156 Å². The summed E-state index contributed by atoms with van der Waals surface area (Å²) in [6, 6.07) is 1.99. The number of nitrogens with one attached hydrogen (secondary N) is 1. The highest BCUT2D eigenvalue weighted by Gasteiger charge is 2.31. The van der Waals surface area contributed by atoms with Gasteiger partial charge in [0.2, 0.25) is 10.0 Å². The van der Waals surface area contributed by atoms with Gasteiger partial charge in [0.1, 0.15) is 10.6 Å². The lowest BCUT2D eigenvalue weighted by molar-refractivity contribution is 0.0697. The highest BCUT2D eigenvalue weighted by Crippen LogP contribution is 2.25. The fourth-order valence-corrected chi connectivity index (χ4v) is 5.61. The second-order valence-corrected chi connectivity index (χ2v) is 9.58. The largest absolute Gasteiger partial charge is 0.345 e. The molecule has 2 aliphatic rings. The zero-order valence-corrected chi connectivity index (χ0v) is 16.8. The third-order valence-corrected chi connectivity index (χ3v) is 7.48. The van der Waals surface area contributed by atoms with E-state index in [1.54, 1.807) is 28.2 Å². The van der Waals surface area contributed by atoms with E-state index in [-0.39, 0.29) is 10.8 Å². The molecule has 1 N–H and O–H groups in total. The average molecular weight is 383 g/mol. The molecule has 0 spiro atoms. The van der Waals surface area contributed by atoms with Crippen LogP contribution in [0.15, 0.2) is 17.2 Å². The van der Waals surface area contributed by atoms with E-state index < -0.39 is 10.0 Å². The quantitative estimate of drug-likeness (QED) is 0.851. The van der Waals surface area contributed by atoms with Gasteiger partial charge in [0.05, 0.1) is 0 Å². The predicted molar refractivity (Wildman–Crippen MR) is 101 cm³/mol. The van der Waals surface area contributed by atoms with E-state index in [0.717, 1.165) is 25.7 Å². The van der Waals surface area contributed by atoms with Crippen molar-refractivity contribution in [3.8, 4) is 0 Å². The van der Waals surface area contributed by atoms with Gasteiger partial charge in [-0.25, -0.2) is 8.42 Å². The van der Waals surface area contributed by atoms with Crippen LogP contribution in [0.5, 0.6) is 0 Å². The number of likely N-dealkylation sites (tertiary alicyclic amines) is 1. The van der Waals surface area contributed by atoms with Gasteiger partial charge < -0.3 is 14.8 Å². The summed E-state index contributed by atoms with van der Waals surface area (Å²) in [5.41, 5.74) is 0.441. The predicted octanol–water partition coefficient (Wildman–Crippen LogP) is 1.27. The molecule has 3 rings (SSSR count). The standard InChI is InChI=1S/C18H30N4O3S/c1-14-5-4-8-22(12-14)26(24,25)16-11-17(20(3)13-16)18(23)21-9-6-15(19-2)7-10-21/h11,13-15,19H,4-10,12H2,1-3H3. The van der Waals surface area contributed by atoms with Gasteiger partial charge in [-0.15, -0.1) is 0 Å². The zero-order valence-electron chi connectivity index (χ0n) is 15.9. The van der Waals surface area contributed by atoms with Crippen LogP contribution in [0.4, 0.5) is 0 Å². The molecule has 0 aromatic carbocycles. The maximum Gasteiger partial charge on any atom is 0.270 e. The molecule has 1 aromatic rings. The summed E-state index contributed by atoms with van der Waals surface area (Å²) in [4.78, 5) is 14.9. The number of sulfonamides is 1. The Morgan fingerprint density at radius 1 is 1.19 bits per heavy atom. The third-order valence-electron chi connectivity index (χ3n) is 5.65. The molecule has 8 heteroatoms. The number of hydrogen-bond acceptors (Lipinski definition) is 4. The van der Waals surface area contributed by atoms with Crippen molar-refractivity contribution < 1.29 is 13.2 Å². The summed E-state index contributed by atoms with van der Waals surface area (Å²) in [5.74, 6) is 0.285. The number of aromatic nitrogens is 1. The Morgan fingerprint density at radius 3 is 2.50 bits per heavy atom. The number of carbonyl (C=O) groups excluding carboxylic acids is 1. The maximum atomic E-state index is 13.0. The number of rotatable bonds is 4. The molecule has 2 fully saturated rings. The maximum absolute atomic E-state index is 13.0. The Bertz CT molecular complexity index is 750. The highest BCUT2D eigenvalue weighted by atomic mass is 32.2. The van der Waals surface area contributed by atoms with E-state index in [9.17, 15) is 13.2 Å². The minimum Gasteiger partial charge on any atom is -0.345 e. The van der Waals surface area contributed by atoms with Gasteiger partial charge in [-0.1, -0.05) is 6.92 Å². The average Bonchev–Trinajstić information content (AvgIpc) is 3.03. The minimum absolute atomic E-state index is 0.0875. The summed E-state index contributed by atoms with van der Waals surface area (Å²) in [6.07, 6.45) is 5.36. The molecule has 1 aromatic heterocycles. The number of nitrogens with zero attached hydrogens (tertiary/aromatic N) is 3. The van der Waals surface area contributed by atoms with Crippen molar-refractivity contribution in [3.63, 3.8) is 0 Å². The fourth-order valence-electron chi connectivity index (χ4n) is 3.93. The van der Waals surface area contributed by atoms with Gasteiger partial charge in [0, 0.05) is 45.5 Å². The molecule has 1 atom stereocenters. The molecule has 2 aliphatic heterocycles. The van der Waals surface area contributed by atoms with Gasteiger partial charge in [0.25, 0.3) is 5.91 Å². The van der Waals surface area contributed by atoms with Crippen LogP contribution < -0.4 is 5.32 Å². The number of piperidine rings is 2. The molecular weight excluding hydrogens is 352 g/mol. The molecule has 3 heterocycles. The van der Waals surface area contributed by atoms with Crippen LogP contribution in [0.2, 0.25) is 0 Å². The summed E-state index contributed by atoms with van der Waals surface area (Å²) >= 11 is 0. The molecule has 1 amide bonds. The van der Waals surface area contributed by atoms with Crippen molar-refractivity contribution in [3.05, 3.63) is 18.0 Å². The Kier molecular flexibility index (Phi) is 5.74. The molecule has 0 aliphatic carbocycles. The molecular formula is C18H30N4O3S. The molecule has 7 nitrogen and oxygen atoms in total. The third kappa shape index (κ3) is 3.82. The lowest BCUT2D eigenvalue weighted by atomic mass is 10.0. The van der Waals surface area contributed by atoms with Crippen LogP contribution in [0.3, 0.4) is 0 Å². The molecule has 146 valence electrons. The summed E-state index contributed by atoms with van der Waals surface area (Å²) in [5, 5.41) is 3.25. The minimum atomic E-state index is -3.54. The summed E-state index contributed by atoms with van der Waals surface area (Å²) in [6.45, 7) is 4.58. The zero-order chi connectivity index (χ0) is 18.9. The molecule has 0 saturated carbocycles. The SMILES string of the molecule is CNC1CCN(C(=O)c2cc(S(=O)(=O)N3CCCC(C)C3)cn2C)CC1. The Balaban J connectivity index is 1.77. The first-order chi connectivity index (χ1) is 12.3. The van der Waals surface area contributed by atoms with Crippen molar-refractivity contribution in [2.75, 3.05) is 33.2 Å². The first-order valence-electron chi connectivity index (χ1n) is 9.46. The van der Waals surface area contributed by atoms with Gasteiger partial charge in [-0.05, 0) is 44.7 Å². The number of hydrogen-bond donors (Lipinski definition) is 1. The number of amides is 1. The van der Waals surface area contributed by atoms with E-state index >= 15 is 0 Å². The fraction of sp³-hybridized carbons (Fsp3) is 0.722. The molecule has 0 bridgehead atoms. The van der Waals surface area contributed by atoms with Crippen LogP contribution in [0.25, 0.3) is 0 Å². The Hall–Kier alpha value is -1.38. The number of carbonyl (C=O) groups is 1. The normalized spacial score (nSPS) is 23.3. The lowest BCUT2D eigenvalue weighted by Gasteiger charge is -2.31. The first kappa shape index (κ1) is 19.4. The highest BCUT2D eigenvalue weighted by molar-refractivity contribution is 7.89. The van der Waals surface area contributed by atoms with Crippen molar-refractivity contribution in [1.29, 1.82) is 0 Å². The van der Waals surface area contributed by atoms with Gasteiger partial charge >= 0.3 is 0 Å². The molecule has 1 unspecified atom stereocenters. The van der Waals surface area contributed by atoms with E-state index in [1.165, 1.54) is 0 Å². The van der Waals surface area contributed by atoms with Crippen LogP contribution >= 0.6 is 0 Å². The lowest BCUT2D eigenvalue weighted by Crippen LogP contribution is -2.44. The van der Waals surface area contributed by atoms with E-state index in [1.807, 2.05) is 11.9 Å². The van der Waals surface area contributed by atoms with Crippen LogP contribution in [0, 0.1) is 5.92 Å². The van der Waals surface area contributed by atoms with E-state index in [2.05, 4.69) is 12.2 Å². The van der Waals surface area contributed by atoms with Crippen molar-refractivity contribution in [1.82, 2.24) is 19.1 Å². The Morgan fingerprint density at radius 2 is 1.88 bits per heavy atom. The van der Waals surface area contributed by atoms with Crippen molar-refractivity contribution in [2.45, 2.75) is 43.5 Å². The molecule has 26 heavy (non-hydrogen) atoms. The second-order valence-electron chi connectivity index (χ2n) is 7.64. The smallest absolute Gasteiger partial charge is 0.270 e. The number of aryl methyl sites for hydroxylation is 1. The van der Waals surface area contributed by atoms with Gasteiger partial charge in [-0.3, -0.25) is 4.79 Å². The van der Waals surface area contributed by atoms with E-state index in [4.69, 9.17) is 0 Å². The monoisotopic (exact) mass is 382 g/mol. The second kappa shape index (κ2) is 7.70. The van der Waals surface area contributed by atoms with Crippen molar-refractivity contribution in [2.24, 2.45) is 13.0 Å². The summed E-state index contributed by atoms with van der Waals surface area (Å²) < 4.78 is 29.1. The van der Waals surface area contributed by atoms with E-state index in [0.29, 0.717) is 43.8 Å². The molecule has 0 radical (unpaired) electrons. The van der Waals surface area contributed by atoms with Crippen LogP contribution in [0.1, 0.15) is 43.1 Å². The van der Waals surface area contributed by atoms with Crippen LogP contribution in [-0.2, 0) is 17.1 Å². The van der Waals surface area contributed by atoms with Crippen LogP contribution in [-0.4, -0.2) is 67.4 Å². The summed E-state index contributed by atoms with van der Waals surface area (Å²) in [7, 11) is 0.142. The topological polar surface area (TPSA) is 74.7 Å². The van der Waals surface area contributed by atoms with Gasteiger partial charge in [0.15, 0.2) is 0 Å².